The number of rotatable bonds is 7. The van der Waals surface area contributed by atoms with Gasteiger partial charge in [0.15, 0.2) is 5.96 Å². The molecule has 0 spiro atoms. The minimum atomic E-state index is -0.0154. The molecule has 26 heavy (non-hydrogen) atoms. The minimum absolute atomic E-state index is 0.0154. The average molecular weight is 441 g/mol. The highest BCUT2D eigenvalue weighted by molar-refractivity contribution is 9.10. The number of nitrogens with zero attached hydrogens (tertiary/aromatic N) is 1. The fourth-order valence-electron chi connectivity index (χ4n) is 3.05. The maximum absolute atomic E-state index is 12.2. The molecule has 1 fully saturated rings. The van der Waals surface area contributed by atoms with Crippen LogP contribution in [-0.4, -0.2) is 42.5 Å². The Labute approximate surface area is 169 Å². The summed E-state index contributed by atoms with van der Waals surface area (Å²) in [5.74, 6) is 0.796. The lowest BCUT2D eigenvalue weighted by Crippen LogP contribution is -2.42. The Balaban J connectivity index is 1.82. The molecule has 2 unspecified atom stereocenters. The number of hydrogen-bond acceptors (Lipinski definition) is 3. The van der Waals surface area contributed by atoms with Gasteiger partial charge in [0.1, 0.15) is 0 Å². The summed E-state index contributed by atoms with van der Waals surface area (Å²) in [5.41, 5.74) is 1.89. The predicted molar refractivity (Wildman–Crippen MR) is 116 cm³/mol. The van der Waals surface area contributed by atoms with E-state index in [1.54, 1.807) is 0 Å². The number of benzene rings is 1. The minimum Gasteiger partial charge on any atom is -0.357 e. The van der Waals surface area contributed by atoms with Crippen LogP contribution in [0.4, 0.5) is 5.69 Å². The lowest BCUT2D eigenvalue weighted by Gasteiger charge is -2.17. The van der Waals surface area contributed by atoms with Crippen LogP contribution in [0, 0.1) is 6.92 Å². The molecule has 1 aromatic carbocycles. The van der Waals surface area contributed by atoms with Gasteiger partial charge in [-0.1, -0.05) is 15.9 Å². The van der Waals surface area contributed by atoms with E-state index >= 15 is 0 Å². The number of amides is 1. The van der Waals surface area contributed by atoms with Gasteiger partial charge >= 0.3 is 0 Å². The van der Waals surface area contributed by atoms with Gasteiger partial charge < -0.3 is 16.0 Å². The largest absolute Gasteiger partial charge is 0.357 e. The summed E-state index contributed by atoms with van der Waals surface area (Å²) in [4.78, 5) is 16.7. The van der Waals surface area contributed by atoms with Crippen LogP contribution in [0.15, 0.2) is 27.7 Å². The molecule has 0 heterocycles. The van der Waals surface area contributed by atoms with Crippen molar-refractivity contribution in [3.05, 3.63) is 28.2 Å². The van der Waals surface area contributed by atoms with Crippen LogP contribution in [0.1, 0.15) is 38.2 Å². The maximum Gasteiger partial charge on any atom is 0.226 e. The van der Waals surface area contributed by atoms with Crippen molar-refractivity contribution >= 4 is 45.2 Å². The van der Waals surface area contributed by atoms with Crippen molar-refractivity contribution < 1.29 is 4.79 Å². The van der Waals surface area contributed by atoms with E-state index in [0.29, 0.717) is 19.0 Å². The van der Waals surface area contributed by atoms with Crippen molar-refractivity contribution in [2.75, 3.05) is 24.7 Å². The molecule has 5 nitrogen and oxygen atoms in total. The van der Waals surface area contributed by atoms with Gasteiger partial charge in [0.2, 0.25) is 5.91 Å². The zero-order valence-corrected chi connectivity index (χ0v) is 18.2. The second-order valence-corrected chi connectivity index (χ2v) is 8.58. The fraction of sp³-hybridized carbons (Fsp3) is 0.579. The molecule has 0 bridgehead atoms. The summed E-state index contributed by atoms with van der Waals surface area (Å²) in [5, 5.41) is 10.5. The van der Waals surface area contributed by atoms with Crippen molar-refractivity contribution in [2.24, 2.45) is 4.99 Å². The SMILES string of the molecule is CCNC(=NCCC(=O)Nc1ccc(Br)cc1C)NC1CCC(SC)C1. The number of halogens is 1. The summed E-state index contributed by atoms with van der Waals surface area (Å²) in [6.07, 6.45) is 6.16. The second kappa shape index (κ2) is 10.8. The first-order valence-corrected chi connectivity index (χ1v) is 11.2. The van der Waals surface area contributed by atoms with Crippen molar-refractivity contribution in [3.63, 3.8) is 0 Å². The van der Waals surface area contributed by atoms with Crippen molar-refractivity contribution in [2.45, 2.75) is 50.8 Å². The highest BCUT2D eigenvalue weighted by atomic mass is 79.9. The van der Waals surface area contributed by atoms with E-state index in [1.165, 1.54) is 19.3 Å². The molecule has 1 aliphatic rings. The number of nitrogens with one attached hydrogen (secondary N) is 3. The molecule has 7 heteroatoms. The van der Waals surface area contributed by atoms with Crippen LogP contribution in [0.2, 0.25) is 0 Å². The molecule has 144 valence electrons. The molecule has 1 aromatic rings. The normalized spacial score (nSPS) is 20.1. The molecule has 0 aromatic heterocycles. The van der Waals surface area contributed by atoms with E-state index in [-0.39, 0.29) is 5.91 Å². The molecule has 1 saturated carbocycles. The molecule has 0 saturated heterocycles. The standard InChI is InChI=1S/C19H29BrN4OS/c1-4-21-19(23-15-6-7-16(12-15)26-3)22-10-9-18(25)24-17-8-5-14(20)11-13(17)2/h5,8,11,15-16H,4,6-7,9-10,12H2,1-3H3,(H,24,25)(H2,21,22,23). The van der Waals surface area contributed by atoms with Gasteiger partial charge in [-0.3, -0.25) is 9.79 Å². The number of carbonyl (C=O) groups excluding carboxylic acids is 1. The predicted octanol–water partition coefficient (Wildman–Crippen LogP) is 3.93. The Morgan fingerprint density at radius 3 is 2.85 bits per heavy atom. The molecule has 0 aliphatic heterocycles. The quantitative estimate of drug-likeness (QED) is 0.443. The maximum atomic E-state index is 12.2. The van der Waals surface area contributed by atoms with E-state index < -0.39 is 0 Å². The molecule has 2 rings (SSSR count). The Hall–Kier alpha value is -1.21. The van der Waals surface area contributed by atoms with Crippen molar-refractivity contribution in [1.29, 1.82) is 0 Å². The van der Waals surface area contributed by atoms with E-state index in [1.807, 2.05) is 36.9 Å². The van der Waals surface area contributed by atoms with E-state index in [0.717, 1.165) is 33.5 Å². The number of hydrogen-bond donors (Lipinski definition) is 3. The number of aryl methyl sites for hydroxylation is 1. The topological polar surface area (TPSA) is 65.5 Å². The lowest BCUT2D eigenvalue weighted by atomic mass is 10.2. The van der Waals surface area contributed by atoms with Crippen LogP contribution in [0.5, 0.6) is 0 Å². The number of thioether (sulfide) groups is 1. The van der Waals surface area contributed by atoms with Crippen LogP contribution in [0.3, 0.4) is 0 Å². The molecule has 1 aliphatic carbocycles. The van der Waals surface area contributed by atoms with E-state index in [2.05, 4.69) is 50.1 Å². The van der Waals surface area contributed by atoms with Gasteiger partial charge in [-0.25, -0.2) is 0 Å². The third kappa shape index (κ3) is 6.83. The molecule has 0 radical (unpaired) electrons. The Morgan fingerprint density at radius 1 is 1.38 bits per heavy atom. The summed E-state index contributed by atoms with van der Waals surface area (Å²) in [7, 11) is 0. The Kier molecular flexibility index (Phi) is 8.78. The van der Waals surface area contributed by atoms with Gasteiger partial charge in [0.05, 0.1) is 6.54 Å². The van der Waals surface area contributed by atoms with Crippen molar-refractivity contribution in [3.8, 4) is 0 Å². The van der Waals surface area contributed by atoms with Crippen LogP contribution < -0.4 is 16.0 Å². The highest BCUT2D eigenvalue weighted by Crippen LogP contribution is 2.28. The molecule has 3 N–H and O–H groups in total. The first kappa shape index (κ1) is 21.1. The summed E-state index contributed by atoms with van der Waals surface area (Å²) in [6, 6.07) is 6.31. The van der Waals surface area contributed by atoms with Crippen LogP contribution >= 0.6 is 27.7 Å². The molecular weight excluding hydrogens is 412 g/mol. The monoisotopic (exact) mass is 440 g/mol. The molecule has 1 amide bonds. The van der Waals surface area contributed by atoms with Gasteiger partial charge in [0, 0.05) is 34.4 Å². The third-order valence-corrected chi connectivity index (χ3v) is 6.06. The number of anilines is 1. The Morgan fingerprint density at radius 2 is 2.19 bits per heavy atom. The lowest BCUT2D eigenvalue weighted by molar-refractivity contribution is -0.116. The Bertz CT molecular complexity index is 638. The zero-order chi connectivity index (χ0) is 18.9. The number of guanidine groups is 1. The van der Waals surface area contributed by atoms with E-state index in [9.17, 15) is 4.79 Å². The molecule has 2 atom stereocenters. The summed E-state index contributed by atoms with van der Waals surface area (Å²) >= 11 is 5.38. The zero-order valence-electron chi connectivity index (χ0n) is 15.8. The second-order valence-electron chi connectivity index (χ2n) is 6.53. The third-order valence-electron chi connectivity index (χ3n) is 4.47. The smallest absolute Gasteiger partial charge is 0.226 e. The summed E-state index contributed by atoms with van der Waals surface area (Å²) < 4.78 is 1.01. The van der Waals surface area contributed by atoms with Gasteiger partial charge in [0.25, 0.3) is 0 Å². The average Bonchev–Trinajstić information content (AvgIpc) is 3.05. The number of aliphatic imine (C=N–C) groups is 1. The van der Waals surface area contributed by atoms with Crippen LogP contribution in [0.25, 0.3) is 0 Å². The summed E-state index contributed by atoms with van der Waals surface area (Å²) in [6.45, 7) is 5.32. The van der Waals surface area contributed by atoms with Gasteiger partial charge in [-0.15, -0.1) is 0 Å². The first-order chi connectivity index (χ1) is 12.5. The van der Waals surface area contributed by atoms with Crippen molar-refractivity contribution in [1.82, 2.24) is 10.6 Å². The van der Waals surface area contributed by atoms with Gasteiger partial charge in [-0.05, 0) is 63.1 Å². The molecular formula is C19H29BrN4OS. The highest BCUT2D eigenvalue weighted by Gasteiger charge is 2.24. The number of carbonyl (C=O) groups is 1. The van der Waals surface area contributed by atoms with Crippen LogP contribution in [-0.2, 0) is 4.79 Å². The van der Waals surface area contributed by atoms with E-state index in [4.69, 9.17) is 0 Å². The fourth-order valence-corrected chi connectivity index (χ4v) is 4.32. The van der Waals surface area contributed by atoms with Gasteiger partial charge in [-0.2, -0.15) is 11.8 Å². The first-order valence-electron chi connectivity index (χ1n) is 9.15.